The molecule has 108 valence electrons. The number of hydrogen-bond acceptors (Lipinski definition) is 4. The Morgan fingerprint density at radius 2 is 1.81 bits per heavy atom. The first kappa shape index (κ1) is 14.6. The van der Waals surface area contributed by atoms with Crippen LogP contribution in [0.15, 0.2) is 48.5 Å². The highest BCUT2D eigenvalue weighted by atomic mass is 16.5. The first-order valence-electron chi connectivity index (χ1n) is 6.38. The molecule has 0 bridgehead atoms. The standard InChI is InChI=1S/C16H15NO4/c1-17-12-7-8-13(15(18)19)14(9-12)16(20)21-10-11-5-3-2-4-6-11/h2-9,17H,10H2,1H3,(H,18,19). The average Bonchev–Trinajstić information content (AvgIpc) is 2.52. The number of nitrogens with one attached hydrogen (secondary N) is 1. The summed E-state index contributed by atoms with van der Waals surface area (Å²) in [5.74, 6) is -1.82. The summed E-state index contributed by atoms with van der Waals surface area (Å²) in [7, 11) is 1.69. The van der Waals surface area contributed by atoms with Crippen molar-refractivity contribution in [2.45, 2.75) is 6.61 Å². The molecule has 2 N–H and O–H groups in total. The molecule has 0 unspecified atom stereocenters. The maximum atomic E-state index is 12.1. The lowest BCUT2D eigenvalue weighted by Crippen LogP contribution is -2.12. The van der Waals surface area contributed by atoms with E-state index in [2.05, 4.69) is 5.32 Å². The number of carboxylic acids is 1. The number of anilines is 1. The van der Waals surface area contributed by atoms with Gasteiger partial charge in [0.15, 0.2) is 0 Å². The van der Waals surface area contributed by atoms with Gasteiger partial charge in [0.1, 0.15) is 6.61 Å². The minimum Gasteiger partial charge on any atom is -0.478 e. The number of hydrogen-bond donors (Lipinski definition) is 2. The number of aromatic carboxylic acids is 1. The Bertz CT molecular complexity index is 653. The van der Waals surface area contributed by atoms with Crippen molar-refractivity contribution < 1.29 is 19.4 Å². The van der Waals surface area contributed by atoms with Crippen LogP contribution in [0.25, 0.3) is 0 Å². The normalized spacial score (nSPS) is 9.95. The average molecular weight is 285 g/mol. The molecule has 2 aromatic rings. The van der Waals surface area contributed by atoms with E-state index >= 15 is 0 Å². The molecule has 0 radical (unpaired) electrons. The molecule has 5 heteroatoms. The number of rotatable bonds is 5. The Kier molecular flexibility index (Phi) is 4.56. The van der Waals surface area contributed by atoms with Gasteiger partial charge in [0.25, 0.3) is 0 Å². The first-order chi connectivity index (χ1) is 10.1. The van der Waals surface area contributed by atoms with E-state index in [0.29, 0.717) is 5.69 Å². The van der Waals surface area contributed by atoms with Crippen molar-refractivity contribution >= 4 is 17.6 Å². The third-order valence-electron chi connectivity index (χ3n) is 2.97. The molecule has 0 saturated carbocycles. The zero-order valence-corrected chi connectivity index (χ0v) is 11.5. The van der Waals surface area contributed by atoms with Gasteiger partial charge in [-0.3, -0.25) is 0 Å². The van der Waals surface area contributed by atoms with Crippen LogP contribution in [0.2, 0.25) is 0 Å². The van der Waals surface area contributed by atoms with Crippen molar-refractivity contribution in [2.75, 3.05) is 12.4 Å². The summed E-state index contributed by atoms with van der Waals surface area (Å²) in [5, 5.41) is 12.0. The van der Waals surface area contributed by atoms with Gasteiger partial charge in [-0.15, -0.1) is 0 Å². The van der Waals surface area contributed by atoms with Crippen LogP contribution in [0.3, 0.4) is 0 Å². The molecule has 0 heterocycles. The van der Waals surface area contributed by atoms with E-state index < -0.39 is 11.9 Å². The summed E-state index contributed by atoms with van der Waals surface area (Å²) >= 11 is 0. The van der Waals surface area contributed by atoms with E-state index in [9.17, 15) is 9.59 Å². The summed E-state index contributed by atoms with van der Waals surface area (Å²) in [6.07, 6.45) is 0. The fraction of sp³-hybridized carbons (Fsp3) is 0.125. The highest BCUT2D eigenvalue weighted by Crippen LogP contribution is 2.17. The predicted octanol–water partition coefficient (Wildman–Crippen LogP) is 2.78. The molecule has 2 rings (SSSR count). The van der Waals surface area contributed by atoms with Gasteiger partial charge in [0, 0.05) is 12.7 Å². The second-order valence-corrected chi connectivity index (χ2v) is 4.38. The van der Waals surface area contributed by atoms with Crippen molar-refractivity contribution in [1.82, 2.24) is 0 Å². The predicted molar refractivity (Wildman–Crippen MR) is 78.5 cm³/mol. The van der Waals surface area contributed by atoms with E-state index in [1.54, 1.807) is 13.1 Å². The highest BCUT2D eigenvalue weighted by Gasteiger charge is 2.18. The van der Waals surface area contributed by atoms with Crippen LogP contribution in [-0.4, -0.2) is 24.1 Å². The maximum Gasteiger partial charge on any atom is 0.339 e. The van der Waals surface area contributed by atoms with Crippen molar-refractivity contribution in [3.8, 4) is 0 Å². The number of carboxylic acid groups (broad SMARTS) is 1. The zero-order chi connectivity index (χ0) is 15.2. The lowest BCUT2D eigenvalue weighted by Gasteiger charge is -2.09. The number of carbonyl (C=O) groups excluding carboxylic acids is 1. The molecule has 0 aliphatic heterocycles. The van der Waals surface area contributed by atoms with Crippen LogP contribution >= 0.6 is 0 Å². The first-order valence-corrected chi connectivity index (χ1v) is 6.38. The summed E-state index contributed by atoms with van der Waals surface area (Å²) in [5.41, 5.74) is 1.44. The van der Waals surface area contributed by atoms with Gasteiger partial charge < -0.3 is 15.2 Å². The van der Waals surface area contributed by atoms with Gasteiger partial charge >= 0.3 is 11.9 Å². The number of carbonyl (C=O) groups is 2. The Morgan fingerprint density at radius 3 is 2.43 bits per heavy atom. The lowest BCUT2D eigenvalue weighted by molar-refractivity contribution is 0.0463. The maximum absolute atomic E-state index is 12.1. The number of esters is 1. The van der Waals surface area contributed by atoms with Crippen LogP contribution < -0.4 is 5.32 Å². The highest BCUT2D eigenvalue weighted by molar-refractivity contribution is 6.03. The smallest absolute Gasteiger partial charge is 0.339 e. The molecule has 0 fully saturated rings. The quantitative estimate of drug-likeness (QED) is 0.826. The van der Waals surface area contributed by atoms with Crippen LogP contribution in [0.1, 0.15) is 26.3 Å². The molecular formula is C16H15NO4. The second-order valence-electron chi connectivity index (χ2n) is 4.38. The monoisotopic (exact) mass is 285 g/mol. The van der Waals surface area contributed by atoms with E-state index in [1.165, 1.54) is 12.1 Å². The fourth-order valence-corrected chi connectivity index (χ4v) is 1.86. The Morgan fingerprint density at radius 1 is 1.10 bits per heavy atom. The van der Waals surface area contributed by atoms with Crippen molar-refractivity contribution in [3.05, 3.63) is 65.2 Å². The summed E-state index contributed by atoms with van der Waals surface area (Å²) in [6, 6.07) is 13.7. The van der Waals surface area contributed by atoms with E-state index in [1.807, 2.05) is 30.3 Å². The largest absolute Gasteiger partial charge is 0.478 e. The molecule has 2 aromatic carbocycles. The van der Waals surface area contributed by atoms with Crippen molar-refractivity contribution in [3.63, 3.8) is 0 Å². The Hall–Kier alpha value is -2.82. The molecule has 0 aliphatic carbocycles. The zero-order valence-electron chi connectivity index (χ0n) is 11.5. The van der Waals surface area contributed by atoms with E-state index in [0.717, 1.165) is 5.56 Å². The molecule has 0 amide bonds. The van der Waals surface area contributed by atoms with E-state index in [4.69, 9.17) is 9.84 Å². The van der Waals surface area contributed by atoms with Crippen LogP contribution in [0, 0.1) is 0 Å². The molecule has 0 aromatic heterocycles. The number of benzene rings is 2. The van der Waals surface area contributed by atoms with Crippen LogP contribution in [-0.2, 0) is 11.3 Å². The van der Waals surface area contributed by atoms with Crippen molar-refractivity contribution in [2.24, 2.45) is 0 Å². The number of ether oxygens (including phenoxy) is 1. The fourth-order valence-electron chi connectivity index (χ4n) is 1.86. The van der Waals surface area contributed by atoms with Crippen molar-refractivity contribution in [1.29, 1.82) is 0 Å². The third kappa shape index (κ3) is 3.60. The molecule has 0 saturated heterocycles. The van der Waals surface area contributed by atoms with Gasteiger partial charge in [0.05, 0.1) is 11.1 Å². The van der Waals surface area contributed by atoms with Gasteiger partial charge in [-0.1, -0.05) is 30.3 Å². The lowest BCUT2D eigenvalue weighted by atomic mass is 10.1. The van der Waals surface area contributed by atoms with Crippen LogP contribution in [0.5, 0.6) is 0 Å². The summed E-state index contributed by atoms with van der Waals surface area (Å²) in [6.45, 7) is 0.0997. The van der Waals surface area contributed by atoms with Crippen LogP contribution in [0.4, 0.5) is 5.69 Å². The summed E-state index contributed by atoms with van der Waals surface area (Å²) < 4.78 is 5.17. The molecule has 5 nitrogen and oxygen atoms in total. The van der Waals surface area contributed by atoms with Gasteiger partial charge in [0.2, 0.25) is 0 Å². The van der Waals surface area contributed by atoms with E-state index in [-0.39, 0.29) is 17.7 Å². The SMILES string of the molecule is CNc1ccc(C(=O)O)c(C(=O)OCc2ccccc2)c1. The van der Waals surface area contributed by atoms with Gasteiger partial charge in [-0.25, -0.2) is 9.59 Å². The second kappa shape index (κ2) is 6.56. The molecule has 0 spiro atoms. The topological polar surface area (TPSA) is 75.6 Å². The molecule has 0 atom stereocenters. The Balaban J connectivity index is 2.19. The van der Waals surface area contributed by atoms with Gasteiger partial charge in [-0.05, 0) is 23.8 Å². The minimum absolute atomic E-state index is 0.0327. The minimum atomic E-state index is -1.16. The molecule has 21 heavy (non-hydrogen) atoms. The Labute approximate surface area is 122 Å². The van der Waals surface area contributed by atoms with Gasteiger partial charge in [-0.2, -0.15) is 0 Å². The molecular weight excluding hydrogens is 270 g/mol. The summed E-state index contributed by atoms with van der Waals surface area (Å²) in [4.78, 5) is 23.3. The third-order valence-corrected chi connectivity index (χ3v) is 2.97. The molecule has 0 aliphatic rings.